The third-order valence-corrected chi connectivity index (χ3v) is 4.78. The summed E-state index contributed by atoms with van der Waals surface area (Å²) >= 11 is 0. The fourth-order valence-corrected chi connectivity index (χ4v) is 3.33. The van der Waals surface area contributed by atoms with E-state index < -0.39 is 12.0 Å². The van der Waals surface area contributed by atoms with Gasteiger partial charge in [-0.15, -0.1) is 0 Å². The number of esters is 1. The van der Waals surface area contributed by atoms with E-state index in [2.05, 4.69) is 22.8 Å². The molecular formula is C23H26N2O5. The van der Waals surface area contributed by atoms with Gasteiger partial charge >= 0.3 is 12.0 Å². The van der Waals surface area contributed by atoms with Crippen LogP contribution in [0.5, 0.6) is 11.5 Å². The van der Waals surface area contributed by atoms with Crippen LogP contribution in [0.15, 0.2) is 59.8 Å². The second kappa shape index (κ2) is 9.82. The lowest BCUT2D eigenvalue weighted by Gasteiger charge is -2.28. The summed E-state index contributed by atoms with van der Waals surface area (Å²) in [6.07, 6.45) is 0.769. The molecular weight excluding hydrogens is 384 g/mol. The summed E-state index contributed by atoms with van der Waals surface area (Å²) in [5, 5.41) is 5.41. The van der Waals surface area contributed by atoms with Crippen LogP contribution in [-0.4, -0.2) is 32.3 Å². The zero-order chi connectivity index (χ0) is 21.5. The number of hydrogen-bond acceptors (Lipinski definition) is 5. The fraction of sp³-hybridized carbons (Fsp3) is 0.304. The molecule has 1 aliphatic rings. The van der Waals surface area contributed by atoms with Gasteiger partial charge in [-0.1, -0.05) is 36.4 Å². The third kappa shape index (κ3) is 4.92. The van der Waals surface area contributed by atoms with Crippen molar-refractivity contribution < 1.29 is 23.8 Å². The van der Waals surface area contributed by atoms with Gasteiger partial charge in [-0.25, -0.2) is 9.59 Å². The van der Waals surface area contributed by atoms with Crippen molar-refractivity contribution in [3.05, 3.63) is 70.9 Å². The zero-order valence-corrected chi connectivity index (χ0v) is 17.4. The predicted octanol–water partition coefficient (Wildman–Crippen LogP) is 3.51. The van der Waals surface area contributed by atoms with Gasteiger partial charge in [0.2, 0.25) is 0 Å². The largest absolute Gasteiger partial charge is 0.493 e. The molecule has 0 aliphatic carbocycles. The molecule has 7 heteroatoms. The number of amides is 2. The van der Waals surface area contributed by atoms with E-state index in [9.17, 15) is 9.59 Å². The van der Waals surface area contributed by atoms with E-state index in [-0.39, 0.29) is 12.6 Å². The van der Waals surface area contributed by atoms with Crippen molar-refractivity contribution in [2.75, 3.05) is 20.3 Å². The summed E-state index contributed by atoms with van der Waals surface area (Å²) < 4.78 is 16.6. The van der Waals surface area contributed by atoms with Crippen LogP contribution in [0.2, 0.25) is 0 Å². The highest BCUT2D eigenvalue weighted by molar-refractivity contribution is 5.95. The highest BCUT2D eigenvalue weighted by Crippen LogP contribution is 2.34. The molecule has 0 radical (unpaired) electrons. The maximum Gasteiger partial charge on any atom is 0.338 e. The maximum absolute atomic E-state index is 12.5. The van der Waals surface area contributed by atoms with E-state index in [4.69, 9.17) is 14.2 Å². The number of allylic oxidation sites excluding steroid dienone is 1. The summed E-state index contributed by atoms with van der Waals surface area (Å²) in [6, 6.07) is 14.4. The molecule has 1 heterocycles. The first-order valence-corrected chi connectivity index (χ1v) is 9.83. The van der Waals surface area contributed by atoms with Gasteiger partial charge in [0.1, 0.15) is 0 Å². The Balaban J connectivity index is 1.80. The minimum absolute atomic E-state index is 0.244. The van der Waals surface area contributed by atoms with Gasteiger partial charge in [-0.3, -0.25) is 0 Å². The highest BCUT2D eigenvalue weighted by Gasteiger charge is 2.32. The van der Waals surface area contributed by atoms with Gasteiger partial charge < -0.3 is 24.8 Å². The molecule has 0 saturated heterocycles. The van der Waals surface area contributed by atoms with Crippen LogP contribution in [0.3, 0.4) is 0 Å². The van der Waals surface area contributed by atoms with E-state index in [1.165, 1.54) is 5.56 Å². The Morgan fingerprint density at radius 1 is 1.10 bits per heavy atom. The van der Waals surface area contributed by atoms with Gasteiger partial charge in [0.05, 0.1) is 31.9 Å². The second-order valence-corrected chi connectivity index (χ2v) is 6.78. The third-order valence-electron chi connectivity index (χ3n) is 4.78. The second-order valence-electron chi connectivity index (χ2n) is 6.78. The lowest BCUT2D eigenvalue weighted by molar-refractivity contribution is -0.139. The number of nitrogens with one attached hydrogen (secondary N) is 2. The molecule has 2 aromatic carbocycles. The normalized spacial score (nSPS) is 15.8. The summed E-state index contributed by atoms with van der Waals surface area (Å²) in [6.45, 7) is 4.16. The molecule has 1 aliphatic heterocycles. The molecule has 2 amide bonds. The molecule has 1 atom stereocenters. The number of urea groups is 1. The number of ether oxygens (including phenoxy) is 3. The first-order valence-electron chi connectivity index (χ1n) is 9.83. The Morgan fingerprint density at radius 2 is 1.87 bits per heavy atom. The summed E-state index contributed by atoms with van der Waals surface area (Å²) in [7, 11) is 1.55. The summed E-state index contributed by atoms with van der Waals surface area (Å²) in [4.78, 5) is 24.5. The number of benzene rings is 2. The van der Waals surface area contributed by atoms with Gasteiger partial charge in [0.25, 0.3) is 0 Å². The standard InChI is InChI=1S/C23H26N2O5/c1-4-29-22(26)20-15(2)24-23(27)25-21(20)17-10-11-18(19(14-17)28-3)30-13-12-16-8-6-5-7-9-16/h5-11,14,21H,4,12-13H2,1-3H3,(H2,24,25,27). The summed E-state index contributed by atoms with van der Waals surface area (Å²) in [5.41, 5.74) is 2.70. The van der Waals surface area contributed by atoms with Crippen molar-refractivity contribution in [2.45, 2.75) is 26.3 Å². The Hall–Kier alpha value is -3.48. The molecule has 158 valence electrons. The van der Waals surface area contributed by atoms with Crippen LogP contribution in [0.25, 0.3) is 0 Å². The molecule has 0 fully saturated rings. The number of carbonyl (C=O) groups is 2. The number of carbonyl (C=O) groups excluding carboxylic acids is 2. The predicted molar refractivity (Wildman–Crippen MR) is 112 cm³/mol. The van der Waals surface area contributed by atoms with E-state index in [0.717, 1.165) is 6.42 Å². The fourth-order valence-electron chi connectivity index (χ4n) is 3.33. The molecule has 7 nitrogen and oxygen atoms in total. The van der Waals surface area contributed by atoms with Gasteiger partial charge in [0, 0.05) is 12.1 Å². The topological polar surface area (TPSA) is 85.9 Å². The SMILES string of the molecule is CCOC(=O)C1=C(C)NC(=O)NC1c1ccc(OCCc2ccccc2)c(OC)c1. The molecule has 1 unspecified atom stereocenters. The van der Waals surface area contributed by atoms with Crippen LogP contribution in [-0.2, 0) is 16.0 Å². The molecule has 30 heavy (non-hydrogen) atoms. The number of hydrogen-bond donors (Lipinski definition) is 2. The van der Waals surface area contributed by atoms with E-state index in [0.29, 0.717) is 34.9 Å². The molecule has 0 saturated carbocycles. The van der Waals surface area contributed by atoms with Crippen molar-refractivity contribution in [3.63, 3.8) is 0 Å². The van der Waals surface area contributed by atoms with E-state index in [1.54, 1.807) is 33.1 Å². The lowest BCUT2D eigenvalue weighted by atomic mass is 9.95. The van der Waals surface area contributed by atoms with Crippen LogP contribution in [0, 0.1) is 0 Å². The maximum atomic E-state index is 12.5. The van der Waals surface area contributed by atoms with Crippen LogP contribution in [0.1, 0.15) is 31.0 Å². The van der Waals surface area contributed by atoms with E-state index in [1.807, 2.05) is 24.3 Å². The molecule has 0 aromatic heterocycles. The number of methoxy groups -OCH3 is 1. The van der Waals surface area contributed by atoms with Crippen molar-refractivity contribution in [1.29, 1.82) is 0 Å². The van der Waals surface area contributed by atoms with Gasteiger partial charge in [0.15, 0.2) is 11.5 Å². The summed E-state index contributed by atoms with van der Waals surface area (Å²) in [5.74, 6) is 0.639. The number of rotatable bonds is 8. The highest BCUT2D eigenvalue weighted by atomic mass is 16.5. The minimum atomic E-state index is -0.648. The minimum Gasteiger partial charge on any atom is -0.493 e. The van der Waals surface area contributed by atoms with Crippen molar-refractivity contribution in [2.24, 2.45) is 0 Å². The van der Waals surface area contributed by atoms with Crippen molar-refractivity contribution >= 4 is 12.0 Å². The molecule has 3 rings (SSSR count). The Bertz CT molecular complexity index is 940. The monoisotopic (exact) mass is 410 g/mol. The first-order chi connectivity index (χ1) is 14.5. The molecule has 0 spiro atoms. The van der Waals surface area contributed by atoms with Gasteiger partial charge in [-0.2, -0.15) is 0 Å². The molecule has 0 bridgehead atoms. The lowest BCUT2D eigenvalue weighted by Crippen LogP contribution is -2.45. The molecule has 2 N–H and O–H groups in total. The van der Waals surface area contributed by atoms with Crippen LogP contribution >= 0.6 is 0 Å². The Morgan fingerprint density at radius 3 is 2.57 bits per heavy atom. The van der Waals surface area contributed by atoms with Crippen LogP contribution < -0.4 is 20.1 Å². The van der Waals surface area contributed by atoms with Gasteiger partial charge in [-0.05, 0) is 37.1 Å². The first kappa shape index (κ1) is 21.2. The average Bonchev–Trinajstić information content (AvgIpc) is 2.74. The van der Waals surface area contributed by atoms with Crippen molar-refractivity contribution in [3.8, 4) is 11.5 Å². The Kier molecular flexibility index (Phi) is 6.95. The quantitative estimate of drug-likeness (QED) is 0.651. The van der Waals surface area contributed by atoms with Crippen LogP contribution in [0.4, 0.5) is 4.79 Å². The van der Waals surface area contributed by atoms with E-state index >= 15 is 0 Å². The van der Waals surface area contributed by atoms with Crippen molar-refractivity contribution in [1.82, 2.24) is 10.6 Å². The molecule has 2 aromatic rings. The average molecular weight is 410 g/mol. The Labute approximate surface area is 176 Å². The smallest absolute Gasteiger partial charge is 0.338 e. The zero-order valence-electron chi connectivity index (χ0n) is 17.4.